The number of nitrogens with one attached hydrogen (secondary N) is 2. The zero-order chi connectivity index (χ0) is 37.6. The van der Waals surface area contributed by atoms with Gasteiger partial charge in [0.15, 0.2) is 0 Å². The molecule has 0 heterocycles. The van der Waals surface area contributed by atoms with E-state index in [1.165, 1.54) is 32.1 Å². The molecule has 51 heavy (non-hydrogen) atoms. The quantitative estimate of drug-likeness (QED) is 0.0296. The second-order valence-corrected chi connectivity index (χ2v) is 13.0. The van der Waals surface area contributed by atoms with E-state index in [1.54, 1.807) is 0 Å². The Bertz CT molecular complexity index is 1050. The Kier molecular flexibility index (Phi) is 33.9. The van der Waals surface area contributed by atoms with E-state index in [1.807, 2.05) is 6.08 Å². The molecule has 0 aliphatic heterocycles. The smallest absolute Gasteiger partial charge is 0.328 e. The maximum absolute atomic E-state index is 12.5. The lowest BCUT2D eigenvalue weighted by molar-refractivity contribution is -0.147. The molecule has 0 saturated carbocycles. The Morgan fingerprint density at radius 2 is 1.18 bits per heavy atom. The Morgan fingerprint density at radius 3 is 1.76 bits per heavy atom. The third kappa shape index (κ3) is 33.4. The van der Waals surface area contributed by atoms with Gasteiger partial charge in [0.2, 0.25) is 11.8 Å². The van der Waals surface area contributed by atoms with Gasteiger partial charge in [0.25, 0.3) is 0 Å². The lowest BCUT2D eigenvalue weighted by atomic mass is 10.1. The van der Waals surface area contributed by atoms with Gasteiger partial charge in [0.1, 0.15) is 12.1 Å². The van der Waals surface area contributed by atoms with E-state index in [2.05, 4.69) is 79.2 Å². The minimum atomic E-state index is -1.39. The van der Waals surface area contributed by atoms with Gasteiger partial charge in [-0.1, -0.05) is 126 Å². The van der Waals surface area contributed by atoms with Gasteiger partial charge in [-0.25, -0.2) is 4.79 Å². The molecule has 0 aliphatic rings. The monoisotopic (exact) mass is 715 g/mol. The number of carboxylic acid groups (broad SMARTS) is 1. The second-order valence-electron chi connectivity index (χ2n) is 13.0. The van der Waals surface area contributed by atoms with Crippen LogP contribution >= 0.6 is 0 Å². The Morgan fingerprint density at radius 1 is 0.627 bits per heavy atom. The molecule has 0 aromatic carbocycles. The lowest BCUT2D eigenvalue weighted by Crippen LogP contribution is -2.47. The van der Waals surface area contributed by atoms with Crippen LogP contribution in [0.4, 0.5) is 0 Å². The van der Waals surface area contributed by atoms with Gasteiger partial charge in [0, 0.05) is 12.8 Å². The van der Waals surface area contributed by atoms with Gasteiger partial charge in [0.05, 0.1) is 13.2 Å². The van der Waals surface area contributed by atoms with Crippen LogP contribution in [0.25, 0.3) is 0 Å². The van der Waals surface area contributed by atoms with Crippen LogP contribution in [0, 0.1) is 0 Å². The number of hydrogen-bond acceptors (Lipinski definition) is 6. The molecule has 0 fully saturated rings. The third-order valence-corrected chi connectivity index (χ3v) is 8.21. The minimum absolute atomic E-state index is 0.133. The fourth-order valence-corrected chi connectivity index (χ4v) is 5.21. The number of aliphatic hydroxyl groups is 1. The Hall–Kier alpha value is -3.46. The number of amides is 2. The van der Waals surface area contributed by atoms with Gasteiger partial charge < -0.3 is 25.6 Å². The van der Waals surface area contributed by atoms with Crippen molar-refractivity contribution in [2.45, 2.75) is 167 Å². The van der Waals surface area contributed by atoms with Crippen LogP contribution < -0.4 is 10.6 Å². The average molecular weight is 715 g/mol. The van der Waals surface area contributed by atoms with Gasteiger partial charge in [-0.3, -0.25) is 14.4 Å². The van der Waals surface area contributed by atoms with E-state index in [9.17, 15) is 19.2 Å². The molecule has 0 saturated heterocycles. The van der Waals surface area contributed by atoms with Crippen LogP contribution in [-0.2, 0) is 23.9 Å². The zero-order valence-electron chi connectivity index (χ0n) is 31.8. The first kappa shape index (κ1) is 47.5. The number of rotatable bonds is 34. The lowest BCUT2D eigenvalue weighted by Gasteiger charge is -2.15. The normalized spacial score (nSPS) is 13.2. The summed E-state index contributed by atoms with van der Waals surface area (Å²) >= 11 is 0. The van der Waals surface area contributed by atoms with E-state index < -0.39 is 24.5 Å². The summed E-state index contributed by atoms with van der Waals surface area (Å²) in [6.07, 6.45) is 43.1. The molecule has 2 unspecified atom stereocenters. The summed E-state index contributed by atoms with van der Waals surface area (Å²) in [6, 6.07) is -1.39. The van der Waals surface area contributed by atoms with Crippen molar-refractivity contribution < 1.29 is 34.1 Å². The summed E-state index contributed by atoms with van der Waals surface area (Å²) in [5, 5.41) is 22.4. The molecular weight excluding hydrogens is 644 g/mol. The summed E-state index contributed by atoms with van der Waals surface area (Å²) in [5.74, 6) is -2.43. The molecule has 0 radical (unpaired) electrons. The first-order valence-corrected chi connectivity index (χ1v) is 19.7. The van der Waals surface area contributed by atoms with Crippen LogP contribution in [0.2, 0.25) is 0 Å². The number of hydrogen-bond donors (Lipinski definition) is 4. The molecule has 0 aliphatic carbocycles. The molecule has 0 bridgehead atoms. The average Bonchev–Trinajstić information content (AvgIpc) is 3.11. The highest BCUT2D eigenvalue weighted by Gasteiger charge is 2.18. The fourth-order valence-electron chi connectivity index (χ4n) is 5.21. The highest BCUT2D eigenvalue weighted by molar-refractivity contribution is 5.87. The van der Waals surface area contributed by atoms with E-state index in [4.69, 9.17) is 14.9 Å². The zero-order valence-corrected chi connectivity index (χ0v) is 31.8. The van der Waals surface area contributed by atoms with Crippen molar-refractivity contribution in [3.63, 3.8) is 0 Å². The van der Waals surface area contributed by atoms with Crippen LogP contribution in [0.1, 0.15) is 155 Å². The van der Waals surface area contributed by atoms with Gasteiger partial charge in [-0.05, 0) is 76.7 Å². The van der Waals surface area contributed by atoms with Crippen molar-refractivity contribution in [3.05, 3.63) is 60.8 Å². The van der Waals surface area contributed by atoms with Crippen molar-refractivity contribution in [1.82, 2.24) is 10.6 Å². The van der Waals surface area contributed by atoms with E-state index in [0.717, 1.165) is 89.9 Å². The summed E-state index contributed by atoms with van der Waals surface area (Å²) in [6.45, 7) is 3.21. The molecule has 2 atom stereocenters. The Labute approximate surface area is 309 Å². The van der Waals surface area contributed by atoms with Crippen LogP contribution in [0.3, 0.4) is 0 Å². The van der Waals surface area contributed by atoms with E-state index >= 15 is 0 Å². The van der Waals surface area contributed by atoms with Crippen molar-refractivity contribution in [2.24, 2.45) is 0 Å². The summed E-state index contributed by atoms with van der Waals surface area (Å²) in [7, 11) is 0. The van der Waals surface area contributed by atoms with E-state index in [-0.39, 0.29) is 30.9 Å². The minimum Gasteiger partial charge on any atom is -0.480 e. The summed E-state index contributed by atoms with van der Waals surface area (Å²) < 4.78 is 5.80. The molecule has 0 rings (SSSR count). The predicted molar refractivity (Wildman–Crippen MR) is 208 cm³/mol. The highest BCUT2D eigenvalue weighted by atomic mass is 16.5. The Balaban J connectivity index is 3.93. The molecule has 9 nitrogen and oxygen atoms in total. The van der Waals surface area contributed by atoms with Crippen LogP contribution in [0.5, 0.6) is 0 Å². The maximum Gasteiger partial charge on any atom is 0.328 e. The largest absolute Gasteiger partial charge is 0.480 e. The molecule has 9 heteroatoms. The maximum atomic E-state index is 12.5. The van der Waals surface area contributed by atoms with Crippen molar-refractivity contribution in [1.29, 1.82) is 0 Å². The first-order valence-electron chi connectivity index (χ1n) is 19.7. The number of esters is 1. The number of allylic oxidation sites excluding steroid dienone is 9. The van der Waals surface area contributed by atoms with Gasteiger partial charge in [-0.15, -0.1) is 0 Å². The number of aliphatic hydroxyl groups excluding tert-OH is 1. The molecule has 0 spiro atoms. The van der Waals surface area contributed by atoms with Gasteiger partial charge in [-0.2, -0.15) is 0 Å². The second kappa shape index (κ2) is 36.3. The van der Waals surface area contributed by atoms with Gasteiger partial charge >= 0.3 is 11.9 Å². The SMILES string of the molecule is CC/C=C\C/C=C\C/C=C\C/C=C\CCCCCCCCCCC(=O)OC(/C=C\CCC)CCCCCCC(=O)NCC(=O)NC(CO)C(=O)O. The van der Waals surface area contributed by atoms with Crippen molar-refractivity contribution in [3.8, 4) is 0 Å². The molecule has 4 N–H and O–H groups in total. The number of carbonyl (C=O) groups is 4. The topological polar surface area (TPSA) is 142 Å². The molecule has 0 aromatic rings. The predicted octanol–water partition coefficient (Wildman–Crippen LogP) is 8.98. The standard InChI is InChI=1S/C42H70N2O7/c1-3-5-7-8-9-10-11-12-13-14-15-16-17-18-19-20-21-22-23-24-30-34-41(48)51-37(31-27-6-4-2)32-28-25-26-29-33-39(46)43-35-40(47)44-38(36-45)42(49)50/h5,7,9-10,12-13,15-16,27,31,37-38,45H,3-4,6,8,11,14,17-26,28-30,32-36H2,1-2H3,(H,43,46)(H,44,47)(H,49,50)/b7-5-,10-9-,13-12-,16-15-,31-27-. The number of ether oxygens (including phenoxy) is 1. The van der Waals surface area contributed by atoms with Crippen LogP contribution in [0.15, 0.2) is 60.8 Å². The molecule has 290 valence electrons. The summed E-state index contributed by atoms with van der Waals surface area (Å²) in [5.41, 5.74) is 0. The van der Waals surface area contributed by atoms with E-state index in [0.29, 0.717) is 12.8 Å². The van der Waals surface area contributed by atoms with Crippen molar-refractivity contribution >= 4 is 23.8 Å². The first-order chi connectivity index (χ1) is 24.8. The summed E-state index contributed by atoms with van der Waals surface area (Å²) in [4.78, 5) is 47.1. The number of carboxylic acids is 1. The third-order valence-electron chi connectivity index (χ3n) is 8.21. The molecular formula is C42H70N2O7. The molecule has 0 aromatic heterocycles. The fraction of sp³-hybridized carbons (Fsp3) is 0.667. The van der Waals surface area contributed by atoms with Crippen LogP contribution in [-0.4, -0.2) is 59.3 Å². The van der Waals surface area contributed by atoms with Crippen molar-refractivity contribution in [2.75, 3.05) is 13.2 Å². The number of aliphatic carboxylic acids is 1. The number of unbranched alkanes of at least 4 members (excludes halogenated alkanes) is 12. The molecule has 2 amide bonds. The number of carbonyl (C=O) groups excluding carboxylic acids is 3. The highest BCUT2D eigenvalue weighted by Crippen LogP contribution is 2.15.